The lowest BCUT2D eigenvalue weighted by atomic mass is 9.85. The molecule has 0 amide bonds. The van der Waals surface area contributed by atoms with E-state index in [2.05, 4.69) is 4.90 Å². The molecule has 3 heteroatoms. The molecule has 0 aliphatic carbocycles. The first-order valence-electron chi connectivity index (χ1n) is 5.86. The molecule has 0 fully saturated rings. The van der Waals surface area contributed by atoms with Crippen LogP contribution in [0.2, 0.25) is 0 Å². The third-order valence-electron chi connectivity index (χ3n) is 3.73. The number of phenolic OH excluding ortho intramolecular Hbond substituents is 1. The van der Waals surface area contributed by atoms with E-state index in [1.807, 2.05) is 6.07 Å². The summed E-state index contributed by atoms with van der Waals surface area (Å²) >= 11 is 0. The molecule has 2 aliphatic rings. The normalized spacial score (nSPS) is 22.8. The molecular formula is C13H15NO2. The fourth-order valence-corrected chi connectivity index (χ4v) is 2.94. The number of carbonyl (C=O) groups is 1. The van der Waals surface area contributed by atoms with Gasteiger partial charge in [-0.3, -0.25) is 0 Å². The maximum atomic E-state index is 11.1. The van der Waals surface area contributed by atoms with Crippen molar-refractivity contribution in [3.63, 3.8) is 0 Å². The van der Waals surface area contributed by atoms with Gasteiger partial charge < -0.3 is 14.8 Å². The number of carbonyl (C=O) groups excluding carboxylic acids is 1. The van der Waals surface area contributed by atoms with Crippen molar-refractivity contribution in [3.05, 3.63) is 23.3 Å². The van der Waals surface area contributed by atoms with Crippen molar-refractivity contribution in [2.24, 2.45) is 0 Å². The zero-order valence-electron chi connectivity index (χ0n) is 9.15. The summed E-state index contributed by atoms with van der Waals surface area (Å²) in [5, 5.41) is 9.86. The molecule has 16 heavy (non-hydrogen) atoms. The molecule has 1 aromatic rings. The van der Waals surface area contributed by atoms with E-state index in [1.165, 1.54) is 0 Å². The van der Waals surface area contributed by atoms with Crippen molar-refractivity contribution in [1.29, 1.82) is 0 Å². The van der Waals surface area contributed by atoms with Crippen LogP contribution in [0.25, 0.3) is 0 Å². The number of benzene rings is 1. The number of hydrogen-bond acceptors (Lipinski definition) is 3. The lowest BCUT2D eigenvalue weighted by molar-refractivity contribution is -0.109. The molecule has 3 rings (SSSR count). The Morgan fingerprint density at radius 3 is 3.06 bits per heavy atom. The van der Waals surface area contributed by atoms with Gasteiger partial charge in [0, 0.05) is 30.3 Å². The van der Waals surface area contributed by atoms with Crippen molar-refractivity contribution in [2.45, 2.75) is 25.2 Å². The molecule has 0 saturated heterocycles. The van der Waals surface area contributed by atoms with Gasteiger partial charge in [0.05, 0.1) is 0 Å². The highest BCUT2D eigenvalue weighted by Crippen LogP contribution is 2.43. The van der Waals surface area contributed by atoms with Crippen molar-refractivity contribution in [2.75, 3.05) is 18.0 Å². The zero-order valence-corrected chi connectivity index (χ0v) is 9.15. The average Bonchev–Trinajstić information content (AvgIpc) is 2.34. The first kappa shape index (κ1) is 9.70. The van der Waals surface area contributed by atoms with Crippen LogP contribution in [-0.4, -0.2) is 24.5 Å². The van der Waals surface area contributed by atoms with Crippen LogP contribution < -0.4 is 4.90 Å². The summed E-state index contributed by atoms with van der Waals surface area (Å²) < 4.78 is 0. The highest BCUT2D eigenvalue weighted by atomic mass is 16.3. The van der Waals surface area contributed by atoms with Gasteiger partial charge in [-0.15, -0.1) is 0 Å². The second-order valence-electron chi connectivity index (χ2n) is 4.62. The molecule has 1 N–H and O–H groups in total. The van der Waals surface area contributed by atoms with E-state index in [1.54, 1.807) is 6.07 Å². The van der Waals surface area contributed by atoms with Crippen LogP contribution in [0.3, 0.4) is 0 Å². The molecule has 84 valence electrons. The SMILES string of the molecule is O=CC1CCN2CCCc3c(O)ccc1c32. The number of aromatic hydroxyl groups is 1. The summed E-state index contributed by atoms with van der Waals surface area (Å²) in [5.74, 6) is 0.402. The summed E-state index contributed by atoms with van der Waals surface area (Å²) in [6.45, 7) is 1.99. The standard InChI is InChI=1S/C13H15NO2/c15-8-9-5-7-14-6-1-2-11-12(16)4-3-10(9)13(11)14/h3-4,8-9,16H,1-2,5-7H2. The minimum absolute atomic E-state index is 0.0173. The van der Waals surface area contributed by atoms with Gasteiger partial charge in [0.15, 0.2) is 0 Å². The Morgan fingerprint density at radius 1 is 1.38 bits per heavy atom. The minimum Gasteiger partial charge on any atom is -0.508 e. The van der Waals surface area contributed by atoms with E-state index < -0.39 is 0 Å². The van der Waals surface area contributed by atoms with Crippen LogP contribution in [0.4, 0.5) is 5.69 Å². The molecule has 2 aliphatic heterocycles. The lowest BCUT2D eigenvalue weighted by Gasteiger charge is -2.38. The Hall–Kier alpha value is -1.51. The van der Waals surface area contributed by atoms with Gasteiger partial charge in [0.25, 0.3) is 0 Å². The lowest BCUT2D eigenvalue weighted by Crippen LogP contribution is -2.36. The van der Waals surface area contributed by atoms with Crippen LogP contribution in [0.1, 0.15) is 29.9 Å². The van der Waals surface area contributed by atoms with Gasteiger partial charge in [0.1, 0.15) is 12.0 Å². The summed E-state index contributed by atoms with van der Waals surface area (Å²) in [6.07, 6.45) is 3.96. The second-order valence-corrected chi connectivity index (χ2v) is 4.62. The number of rotatable bonds is 1. The van der Waals surface area contributed by atoms with Crippen molar-refractivity contribution >= 4 is 12.0 Å². The van der Waals surface area contributed by atoms with Gasteiger partial charge in [-0.2, -0.15) is 0 Å². The van der Waals surface area contributed by atoms with Gasteiger partial charge in [-0.05, 0) is 30.9 Å². The Balaban J connectivity index is 2.21. The predicted molar refractivity (Wildman–Crippen MR) is 62.1 cm³/mol. The average molecular weight is 217 g/mol. The van der Waals surface area contributed by atoms with Crippen molar-refractivity contribution < 1.29 is 9.90 Å². The summed E-state index contributed by atoms with van der Waals surface area (Å²) in [4.78, 5) is 13.4. The van der Waals surface area contributed by atoms with E-state index in [-0.39, 0.29) is 5.92 Å². The van der Waals surface area contributed by atoms with Crippen LogP contribution in [-0.2, 0) is 11.2 Å². The van der Waals surface area contributed by atoms with E-state index in [0.717, 1.165) is 55.5 Å². The number of aldehydes is 1. The monoisotopic (exact) mass is 217 g/mol. The molecule has 1 unspecified atom stereocenters. The number of nitrogens with zero attached hydrogens (tertiary/aromatic N) is 1. The van der Waals surface area contributed by atoms with Crippen molar-refractivity contribution in [3.8, 4) is 5.75 Å². The van der Waals surface area contributed by atoms with Gasteiger partial charge in [0.2, 0.25) is 0 Å². The molecule has 0 radical (unpaired) electrons. The molecule has 2 heterocycles. The minimum atomic E-state index is 0.0173. The second kappa shape index (κ2) is 3.51. The van der Waals surface area contributed by atoms with E-state index >= 15 is 0 Å². The molecule has 1 atom stereocenters. The topological polar surface area (TPSA) is 40.5 Å². The smallest absolute Gasteiger partial charge is 0.127 e. The fraction of sp³-hybridized carbons (Fsp3) is 0.462. The summed E-state index contributed by atoms with van der Waals surface area (Å²) in [5.41, 5.74) is 3.28. The highest BCUT2D eigenvalue weighted by Gasteiger charge is 2.30. The van der Waals surface area contributed by atoms with E-state index in [4.69, 9.17) is 0 Å². The molecule has 0 aromatic heterocycles. The maximum Gasteiger partial charge on any atom is 0.127 e. The van der Waals surface area contributed by atoms with Crippen LogP contribution in [0, 0.1) is 0 Å². The number of hydrogen-bond donors (Lipinski definition) is 1. The maximum absolute atomic E-state index is 11.1. The largest absolute Gasteiger partial charge is 0.508 e. The quantitative estimate of drug-likeness (QED) is 0.729. The molecular weight excluding hydrogens is 202 g/mol. The number of anilines is 1. The zero-order chi connectivity index (χ0) is 11.1. The Bertz CT molecular complexity index is 442. The summed E-state index contributed by atoms with van der Waals surface area (Å²) in [6, 6.07) is 3.64. The van der Waals surface area contributed by atoms with Crippen LogP contribution >= 0.6 is 0 Å². The summed E-state index contributed by atoms with van der Waals surface area (Å²) in [7, 11) is 0. The third-order valence-corrected chi connectivity index (χ3v) is 3.73. The van der Waals surface area contributed by atoms with Gasteiger partial charge in [-0.25, -0.2) is 0 Å². The molecule has 3 nitrogen and oxygen atoms in total. The Morgan fingerprint density at radius 2 is 2.25 bits per heavy atom. The first-order chi connectivity index (χ1) is 7.81. The van der Waals surface area contributed by atoms with E-state index in [0.29, 0.717) is 5.75 Å². The molecule has 0 bridgehead atoms. The Kier molecular flexibility index (Phi) is 2.13. The molecule has 0 saturated carbocycles. The fourth-order valence-electron chi connectivity index (χ4n) is 2.94. The Labute approximate surface area is 94.7 Å². The molecule has 0 spiro atoms. The first-order valence-corrected chi connectivity index (χ1v) is 5.86. The third kappa shape index (κ3) is 1.24. The highest BCUT2D eigenvalue weighted by molar-refractivity contribution is 5.75. The van der Waals surface area contributed by atoms with Crippen LogP contribution in [0.15, 0.2) is 12.1 Å². The van der Waals surface area contributed by atoms with Gasteiger partial charge in [-0.1, -0.05) is 6.07 Å². The van der Waals surface area contributed by atoms with Crippen molar-refractivity contribution in [1.82, 2.24) is 0 Å². The van der Waals surface area contributed by atoms with Gasteiger partial charge >= 0.3 is 0 Å². The van der Waals surface area contributed by atoms with E-state index in [9.17, 15) is 9.90 Å². The van der Waals surface area contributed by atoms with Crippen LogP contribution in [0.5, 0.6) is 5.75 Å². The number of phenols is 1. The predicted octanol–water partition coefficient (Wildman–Crippen LogP) is 1.83. The molecule has 1 aromatic carbocycles.